The summed E-state index contributed by atoms with van der Waals surface area (Å²) in [5, 5.41) is 0. The van der Waals surface area contributed by atoms with E-state index in [0.717, 1.165) is 36.2 Å². The summed E-state index contributed by atoms with van der Waals surface area (Å²) in [6.07, 6.45) is 6.67. The average Bonchev–Trinajstić information content (AvgIpc) is 2.67. The lowest BCUT2D eigenvalue weighted by Crippen LogP contribution is -2.26. The van der Waals surface area contributed by atoms with Crippen molar-refractivity contribution in [2.75, 3.05) is 75.9 Å². The zero-order valence-corrected chi connectivity index (χ0v) is 19.3. The summed E-state index contributed by atoms with van der Waals surface area (Å²) >= 11 is 12.4. The summed E-state index contributed by atoms with van der Waals surface area (Å²) in [6.45, 7) is 5.69. The van der Waals surface area contributed by atoms with Gasteiger partial charge in [-0.05, 0) is 12.8 Å². The molecular weight excluding hydrogens is 408 g/mol. The molecule has 0 unspecified atom stereocenters. The fraction of sp³-hybridized carbons (Fsp3) is 1.00. The molecule has 0 atom stereocenters. The predicted octanol–water partition coefficient (Wildman–Crippen LogP) is 4.04. The summed E-state index contributed by atoms with van der Waals surface area (Å²) in [7, 11) is 0. The largest absolute Gasteiger partial charge is 0.378 e. The quantitative estimate of drug-likeness (QED) is 0.189. The highest BCUT2D eigenvalue weighted by molar-refractivity contribution is 8.18. The SMILES string of the molecule is SCCOCCOCCSC1(SCCOCCOCCS)CCCCC1. The summed E-state index contributed by atoms with van der Waals surface area (Å²) < 4.78 is 22.5. The summed E-state index contributed by atoms with van der Waals surface area (Å²) in [5.74, 6) is 3.64. The highest BCUT2D eigenvalue weighted by Gasteiger charge is 2.32. The second kappa shape index (κ2) is 18.3. The lowest BCUT2D eigenvalue weighted by molar-refractivity contribution is 0.0604. The van der Waals surface area contributed by atoms with E-state index < -0.39 is 0 Å². The van der Waals surface area contributed by atoms with Crippen LogP contribution in [0.25, 0.3) is 0 Å². The molecular formula is C18H36O4S4. The van der Waals surface area contributed by atoms with E-state index in [2.05, 4.69) is 48.8 Å². The van der Waals surface area contributed by atoms with Crippen LogP contribution in [0.5, 0.6) is 0 Å². The first-order chi connectivity index (χ1) is 12.8. The average molecular weight is 445 g/mol. The van der Waals surface area contributed by atoms with E-state index in [0.29, 0.717) is 43.7 Å². The minimum atomic E-state index is 0.357. The summed E-state index contributed by atoms with van der Waals surface area (Å²) in [5.41, 5.74) is 0. The molecule has 0 saturated heterocycles. The third-order valence-corrected chi connectivity index (χ3v) is 7.70. The number of hydrogen-bond acceptors (Lipinski definition) is 8. The zero-order valence-electron chi connectivity index (χ0n) is 15.9. The van der Waals surface area contributed by atoms with Gasteiger partial charge in [0.15, 0.2) is 0 Å². The highest BCUT2D eigenvalue weighted by Crippen LogP contribution is 2.48. The molecule has 0 spiro atoms. The van der Waals surface area contributed by atoms with Gasteiger partial charge in [0, 0.05) is 23.0 Å². The van der Waals surface area contributed by atoms with E-state index in [1.807, 2.05) is 0 Å². The second-order valence-corrected chi connectivity index (χ2v) is 10.2. The number of thiol groups is 2. The van der Waals surface area contributed by atoms with Gasteiger partial charge < -0.3 is 18.9 Å². The number of ether oxygens (including phenoxy) is 4. The van der Waals surface area contributed by atoms with Crippen molar-refractivity contribution in [3.8, 4) is 0 Å². The molecule has 1 aliphatic carbocycles. The van der Waals surface area contributed by atoms with Crippen molar-refractivity contribution >= 4 is 48.8 Å². The van der Waals surface area contributed by atoms with Gasteiger partial charge in [0.25, 0.3) is 0 Å². The van der Waals surface area contributed by atoms with E-state index in [-0.39, 0.29) is 0 Å². The standard InChI is InChI=1S/C18H36O4S4/c23-14-10-19-6-8-21-12-16-25-18(4-2-1-3-5-18)26-17-13-22-9-7-20-11-15-24/h23-24H,1-17H2. The molecule has 0 aromatic heterocycles. The lowest BCUT2D eigenvalue weighted by Gasteiger charge is -2.36. The molecule has 26 heavy (non-hydrogen) atoms. The van der Waals surface area contributed by atoms with E-state index in [4.69, 9.17) is 18.9 Å². The molecule has 0 aromatic carbocycles. The van der Waals surface area contributed by atoms with Crippen molar-refractivity contribution in [1.29, 1.82) is 0 Å². The molecule has 0 heterocycles. The van der Waals surface area contributed by atoms with E-state index in [1.165, 1.54) is 32.1 Å². The van der Waals surface area contributed by atoms with Crippen molar-refractivity contribution in [3.63, 3.8) is 0 Å². The predicted molar refractivity (Wildman–Crippen MR) is 122 cm³/mol. The van der Waals surface area contributed by atoms with Crippen LogP contribution in [0.15, 0.2) is 0 Å². The Kier molecular flexibility index (Phi) is 17.8. The zero-order chi connectivity index (χ0) is 18.8. The smallest absolute Gasteiger partial charge is 0.0700 e. The Labute approximate surface area is 179 Å². The van der Waals surface area contributed by atoms with Gasteiger partial charge in [-0.15, -0.1) is 23.5 Å². The molecule has 1 saturated carbocycles. The fourth-order valence-corrected chi connectivity index (χ4v) is 6.16. The fourth-order valence-electron chi connectivity index (χ4n) is 2.77. The molecule has 1 fully saturated rings. The van der Waals surface area contributed by atoms with Gasteiger partial charge in [0.2, 0.25) is 0 Å². The van der Waals surface area contributed by atoms with Crippen LogP contribution in [-0.2, 0) is 18.9 Å². The highest BCUT2D eigenvalue weighted by atomic mass is 32.2. The molecule has 0 aliphatic heterocycles. The van der Waals surface area contributed by atoms with Crippen molar-refractivity contribution < 1.29 is 18.9 Å². The van der Waals surface area contributed by atoms with Gasteiger partial charge in [0.1, 0.15) is 0 Å². The third-order valence-electron chi connectivity index (χ3n) is 4.02. The van der Waals surface area contributed by atoms with Crippen molar-refractivity contribution in [3.05, 3.63) is 0 Å². The monoisotopic (exact) mass is 444 g/mol. The first-order valence-electron chi connectivity index (χ1n) is 9.63. The van der Waals surface area contributed by atoms with Gasteiger partial charge in [-0.3, -0.25) is 0 Å². The second-order valence-electron chi connectivity index (χ2n) is 6.06. The number of hydrogen-bond donors (Lipinski definition) is 2. The van der Waals surface area contributed by atoms with Gasteiger partial charge in [-0.1, -0.05) is 19.3 Å². The van der Waals surface area contributed by atoms with Crippen LogP contribution in [0.4, 0.5) is 0 Å². The molecule has 0 aromatic rings. The van der Waals surface area contributed by atoms with Gasteiger partial charge in [-0.2, -0.15) is 25.3 Å². The van der Waals surface area contributed by atoms with Crippen LogP contribution >= 0.6 is 48.8 Å². The van der Waals surface area contributed by atoms with Crippen molar-refractivity contribution in [2.45, 2.75) is 36.2 Å². The first kappa shape index (κ1) is 25.3. The molecule has 0 radical (unpaired) electrons. The maximum absolute atomic E-state index is 5.68. The molecule has 8 heteroatoms. The molecule has 0 N–H and O–H groups in total. The van der Waals surface area contributed by atoms with Crippen LogP contribution in [-0.4, -0.2) is 79.9 Å². The Morgan fingerprint density at radius 2 is 1.00 bits per heavy atom. The lowest BCUT2D eigenvalue weighted by atomic mass is 10.00. The van der Waals surface area contributed by atoms with Crippen molar-refractivity contribution in [2.24, 2.45) is 0 Å². The van der Waals surface area contributed by atoms with Gasteiger partial charge in [0.05, 0.1) is 56.9 Å². The first-order valence-corrected chi connectivity index (χ1v) is 12.9. The van der Waals surface area contributed by atoms with Crippen LogP contribution in [0.2, 0.25) is 0 Å². The van der Waals surface area contributed by atoms with Gasteiger partial charge >= 0.3 is 0 Å². The van der Waals surface area contributed by atoms with Crippen molar-refractivity contribution in [1.82, 2.24) is 0 Å². The maximum atomic E-state index is 5.68. The Bertz CT molecular complexity index is 283. The molecule has 1 rings (SSSR count). The van der Waals surface area contributed by atoms with E-state index in [9.17, 15) is 0 Å². The molecule has 0 bridgehead atoms. The number of thioether (sulfide) groups is 2. The van der Waals surface area contributed by atoms with Gasteiger partial charge in [-0.25, -0.2) is 0 Å². The Morgan fingerprint density at radius 3 is 1.42 bits per heavy atom. The molecule has 4 nitrogen and oxygen atoms in total. The maximum Gasteiger partial charge on any atom is 0.0700 e. The van der Waals surface area contributed by atoms with Crippen LogP contribution < -0.4 is 0 Å². The summed E-state index contributed by atoms with van der Waals surface area (Å²) in [4.78, 5) is 0. The van der Waals surface area contributed by atoms with E-state index in [1.54, 1.807) is 0 Å². The minimum Gasteiger partial charge on any atom is -0.378 e. The summed E-state index contributed by atoms with van der Waals surface area (Å²) in [6, 6.07) is 0. The molecule has 156 valence electrons. The Hall–Kier alpha value is 1.24. The van der Waals surface area contributed by atoms with E-state index >= 15 is 0 Å². The Balaban J connectivity index is 2.09. The molecule has 0 amide bonds. The van der Waals surface area contributed by atoms with Crippen LogP contribution in [0.1, 0.15) is 32.1 Å². The normalized spacial score (nSPS) is 16.8. The topological polar surface area (TPSA) is 36.9 Å². The molecule has 1 aliphatic rings. The Morgan fingerprint density at radius 1 is 0.577 bits per heavy atom. The number of rotatable bonds is 18. The van der Waals surface area contributed by atoms with Crippen LogP contribution in [0, 0.1) is 0 Å². The van der Waals surface area contributed by atoms with Crippen LogP contribution in [0.3, 0.4) is 0 Å². The third kappa shape index (κ3) is 13.4. The minimum absolute atomic E-state index is 0.357.